The van der Waals surface area contributed by atoms with E-state index in [1.807, 2.05) is 68.7 Å². The lowest BCUT2D eigenvalue weighted by Crippen LogP contribution is -2.07. The van der Waals surface area contributed by atoms with E-state index >= 15 is 0 Å². The molecule has 0 fully saturated rings. The maximum Gasteiger partial charge on any atom is 0.0858 e. The molecule has 0 unspecified atom stereocenters. The molecule has 0 aliphatic heterocycles. The molecule has 0 radical (unpaired) electrons. The van der Waals surface area contributed by atoms with Gasteiger partial charge in [0.25, 0.3) is 0 Å². The van der Waals surface area contributed by atoms with Crippen molar-refractivity contribution in [3.63, 3.8) is 0 Å². The van der Waals surface area contributed by atoms with Crippen molar-refractivity contribution in [3.8, 4) is 11.1 Å². The van der Waals surface area contributed by atoms with Crippen LogP contribution in [0, 0.1) is 0 Å². The smallest absolute Gasteiger partial charge is 0.0858 e. The molecule has 0 spiro atoms. The van der Waals surface area contributed by atoms with E-state index in [2.05, 4.69) is 39.4 Å². The molecule has 3 heteroatoms. The molecule has 0 N–H and O–H groups in total. The molecular weight excluding hydrogens is 282 g/mol. The Morgan fingerprint density at radius 2 is 1.04 bits per heavy atom. The summed E-state index contributed by atoms with van der Waals surface area (Å²) in [5, 5.41) is 8.58. The Kier molecular flexibility index (Phi) is 4.48. The Morgan fingerprint density at radius 1 is 0.565 bits per heavy atom. The Balaban J connectivity index is 1.73. The number of hydrogen-bond donors (Lipinski definition) is 0. The highest BCUT2D eigenvalue weighted by Crippen LogP contribution is 2.24. The first-order valence-corrected chi connectivity index (χ1v) is 7.57. The van der Waals surface area contributed by atoms with Gasteiger partial charge in [-0.15, -0.1) is 0 Å². The minimum atomic E-state index is 0.848. The summed E-state index contributed by atoms with van der Waals surface area (Å²) in [6.45, 7) is 0. The van der Waals surface area contributed by atoms with Crippen molar-refractivity contribution in [3.05, 3.63) is 78.9 Å². The van der Waals surface area contributed by atoms with Crippen LogP contribution in [0.5, 0.6) is 0 Å². The van der Waals surface area contributed by atoms with E-state index in [-0.39, 0.29) is 0 Å². The number of anilines is 1. The van der Waals surface area contributed by atoms with Crippen LogP contribution < -0.4 is 4.90 Å². The maximum atomic E-state index is 4.30. The summed E-state index contributed by atoms with van der Waals surface area (Å²) in [4.78, 5) is 2.06. The molecule has 0 amide bonds. The van der Waals surface area contributed by atoms with E-state index < -0.39 is 0 Å². The van der Waals surface area contributed by atoms with Crippen LogP contribution in [-0.4, -0.2) is 14.1 Å². The first-order chi connectivity index (χ1) is 11.2. The van der Waals surface area contributed by atoms with Gasteiger partial charge in [-0.2, -0.15) is 10.2 Å². The van der Waals surface area contributed by atoms with Gasteiger partial charge in [-0.25, -0.2) is 0 Å². The van der Waals surface area contributed by atoms with Gasteiger partial charge in [0.15, 0.2) is 0 Å². The van der Waals surface area contributed by atoms with Gasteiger partial charge in [0.05, 0.1) is 11.4 Å². The molecule has 0 aromatic heterocycles. The fourth-order valence-corrected chi connectivity index (χ4v) is 2.28. The molecule has 0 aliphatic rings. The van der Waals surface area contributed by atoms with E-state index in [1.54, 1.807) is 0 Å². The van der Waals surface area contributed by atoms with Crippen LogP contribution in [0.2, 0.25) is 0 Å². The second-order valence-electron chi connectivity index (χ2n) is 5.52. The number of nitrogens with zero attached hydrogens (tertiary/aromatic N) is 3. The second kappa shape index (κ2) is 6.88. The quantitative estimate of drug-likeness (QED) is 0.557. The molecule has 0 heterocycles. The number of rotatable bonds is 4. The molecule has 114 valence electrons. The highest BCUT2D eigenvalue weighted by atomic mass is 15.1. The van der Waals surface area contributed by atoms with E-state index in [0.717, 1.165) is 17.1 Å². The highest BCUT2D eigenvalue weighted by molar-refractivity contribution is 5.65. The first kappa shape index (κ1) is 15.0. The van der Waals surface area contributed by atoms with Gasteiger partial charge >= 0.3 is 0 Å². The van der Waals surface area contributed by atoms with Crippen molar-refractivity contribution in [2.24, 2.45) is 10.2 Å². The molecule has 3 nitrogen and oxygen atoms in total. The topological polar surface area (TPSA) is 28.0 Å². The molecule has 3 rings (SSSR count). The minimum absolute atomic E-state index is 0.848. The Labute approximate surface area is 136 Å². The molecule has 3 aromatic rings. The van der Waals surface area contributed by atoms with Crippen molar-refractivity contribution in [1.29, 1.82) is 0 Å². The monoisotopic (exact) mass is 301 g/mol. The molecule has 0 atom stereocenters. The summed E-state index contributed by atoms with van der Waals surface area (Å²) in [5.41, 5.74) is 5.23. The van der Waals surface area contributed by atoms with Gasteiger partial charge in [0.2, 0.25) is 0 Å². The second-order valence-corrected chi connectivity index (χ2v) is 5.52. The van der Waals surface area contributed by atoms with Crippen LogP contribution >= 0.6 is 0 Å². The number of benzene rings is 3. The highest BCUT2D eigenvalue weighted by Gasteiger charge is 1.97. The lowest BCUT2D eigenvalue weighted by atomic mass is 10.1. The van der Waals surface area contributed by atoms with Crippen LogP contribution in [0.1, 0.15) is 0 Å². The van der Waals surface area contributed by atoms with Gasteiger partial charge in [-0.3, -0.25) is 0 Å². The van der Waals surface area contributed by atoms with Crippen molar-refractivity contribution in [1.82, 2.24) is 0 Å². The molecule has 0 saturated heterocycles. The maximum absolute atomic E-state index is 4.30. The van der Waals surface area contributed by atoms with E-state index in [9.17, 15) is 0 Å². The fourth-order valence-electron chi connectivity index (χ4n) is 2.28. The van der Waals surface area contributed by atoms with Gasteiger partial charge in [0.1, 0.15) is 0 Å². The van der Waals surface area contributed by atoms with Crippen LogP contribution in [0.4, 0.5) is 17.1 Å². The zero-order chi connectivity index (χ0) is 16.1. The van der Waals surface area contributed by atoms with Crippen molar-refractivity contribution in [2.75, 3.05) is 19.0 Å². The van der Waals surface area contributed by atoms with Gasteiger partial charge < -0.3 is 4.90 Å². The summed E-state index contributed by atoms with van der Waals surface area (Å²) >= 11 is 0. The zero-order valence-electron chi connectivity index (χ0n) is 13.3. The summed E-state index contributed by atoms with van der Waals surface area (Å²) in [6, 6.07) is 26.4. The normalized spacial score (nSPS) is 10.9. The van der Waals surface area contributed by atoms with Crippen LogP contribution in [0.15, 0.2) is 89.1 Å². The SMILES string of the molecule is CN(C)c1ccc(N=Nc2ccc(-c3ccccc3)cc2)cc1. The third kappa shape index (κ3) is 3.83. The van der Waals surface area contributed by atoms with Crippen molar-refractivity contribution in [2.45, 2.75) is 0 Å². The third-order valence-electron chi connectivity index (χ3n) is 3.62. The molecule has 23 heavy (non-hydrogen) atoms. The minimum Gasteiger partial charge on any atom is -0.378 e. The molecule has 0 aliphatic carbocycles. The van der Waals surface area contributed by atoms with E-state index in [0.29, 0.717) is 0 Å². The molecule has 0 bridgehead atoms. The third-order valence-corrected chi connectivity index (χ3v) is 3.62. The van der Waals surface area contributed by atoms with E-state index in [4.69, 9.17) is 0 Å². The van der Waals surface area contributed by atoms with Gasteiger partial charge in [-0.1, -0.05) is 42.5 Å². The van der Waals surface area contributed by atoms with Crippen LogP contribution in [0.25, 0.3) is 11.1 Å². The van der Waals surface area contributed by atoms with E-state index in [1.165, 1.54) is 11.1 Å². The number of azo groups is 1. The number of hydrogen-bond acceptors (Lipinski definition) is 3. The summed E-state index contributed by atoms with van der Waals surface area (Å²) in [7, 11) is 4.04. The predicted molar refractivity (Wildman–Crippen MR) is 96.8 cm³/mol. The van der Waals surface area contributed by atoms with Crippen molar-refractivity contribution < 1.29 is 0 Å². The zero-order valence-corrected chi connectivity index (χ0v) is 13.3. The first-order valence-electron chi connectivity index (χ1n) is 7.57. The molecular formula is C20H19N3. The molecule has 0 saturated carbocycles. The molecule has 3 aromatic carbocycles. The lowest BCUT2D eigenvalue weighted by Gasteiger charge is -2.11. The summed E-state index contributed by atoms with van der Waals surface area (Å²) in [6.07, 6.45) is 0. The predicted octanol–water partition coefficient (Wildman–Crippen LogP) is 5.84. The Bertz CT molecular complexity index is 773. The van der Waals surface area contributed by atoms with Gasteiger partial charge in [0, 0.05) is 19.8 Å². The van der Waals surface area contributed by atoms with Crippen LogP contribution in [0.3, 0.4) is 0 Å². The lowest BCUT2D eigenvalue weighted by molar-refractivity contribution is 1.13. The summed E-state index contributed by atoms with van der Waals surface area (Å²) < 4.78 is 0. The van der Waals surface area contributed by atoms with Crippen LogP contribution in [-0.2, 0) is 0 Å². The van der Waals surface area contributed by atoms with Gasteiger partial charge in [-0.05, 0) is 47.5 Å². The Hall–Kier alpha value is -2.94. The Morgan fingerprint density at radius 3 is 1.57 bits per heavy atom. The summed E-state index contributed by atoms with van der Waals surface area (Å²) in [5.74, 6) is 0. The fraction of sp³-hybridized carbons (Fsp3) is 0.100. The van der Waals surface area contributed by atoms with Crippen molar-refractivity contribution >= 4 is 17.1 Å². The standard InChI is InChI=1S/C20H19N3/c1-23(2)20-14-12-19(13-15-20)22-21-18-10-8-17(9-11-18)16-6-4-3-5-7-16/h3-15H,1-2H3. The average molecular weight is 301 g/mol. The average Bonchev–Trinajstić information content (AvgIpc) is 2.61. The largest absolute Gasteiger partial charge is 0.378 e.